The van der Waals surface area contributed by atoms with Crippen molar-refractivity contribution in [1.29, 1.82) is 0 Å². The van der Waals surface area contributed by atoms with Gasteiger partial charge in [0.1, 0.15) is 5.75 Å². The standard InChI is InChI=1S/C17H16BrNO4/c1-11-3-8-15(14(18)9-11)19-16(20)10-23-17(21)12-4-6-13(22-2)7-5-12/h3-9H,10H2,1-2H3,(H,19,20). The molecule has 6 heteroatoms. The Morgan fingerprint density at radius 2 is 1.83 bits per heavy atom. The van der Waals surface area contributed by atoms with Gasteiger partial charge in [0.25, 0.3) is 5.91 Å². The number of carbonyl (C=O) groups excluding carboxylic acids is 2. The van der Waals surface area contributed by atoms with E-state index in [1.54, 1.807) is 37.4 Å². The first-order valence-electron chi connectivity index (χ1n) is 6.87. The summed E-state index contributed by atoms with van der Waals surface area (Å²) in [6.45, 7) is 1.60. The highest BCUT2D eigenvalue weighted by atomic mass is 79.9. The SMILES string of the molecule is COc1ccc(C(=O)OCC(=O)Nc2ccc(C)cc2Br)cc1. The number of hydrogen-bond acceptors (Lipinski definition) is 4. The maximum Gasteiger partial charge on any atom is 0.338 e. The predicted octanol–water partition coefficient (Wildman–Crippen LogP) is 3.56. The fraction of sp³-hybridized carbons (Fsp3) is 0.176. The first-order valence-corrected chi connectivity index (χ1v) is 7.66. The Morgan fingerprint density at radius 1 is 1.13 bits per heavy atom. The van der Waals surface area contributed by atoms with Crippen LogP contribution in [0.25, 0.3) is 0 Å². The molecule has 0 aromatic heterocycles. The van der Waals surface area contributed by atoms with E-state index in [9.17, 15) is 9.59 Å². The second-order valence-electron chi connectivity index (χ2n) is 4.84. The van der Waals surface area contributed by atoms with Gasteiger partial charge in [0.15, 0.2) is 6.61 Å². The molecule has 5 nitrogen and oxygen atoms in total. The Bertz CT molecular complexity index is 713. The topological polar surface area (TPSA) is 64.6 Å². The predicted molar refractivity (Wildman–Crippen MR) is 90.8 cm³/mol. The third-order valence-corrected chi connectivity index (χ3v) is 3.71. The van der Waals surface area contributed by atoms with Gasteiger partial charge in [-0.05, 0) is 64.8 Å². The summed E-state index contributed by atoms with van der Waals surface area (Å²) in [7, 11) is 1.54. The van der Waals surface area contributed by atoms with Crippen molar-refractivity contribution in [3.05, 3.63) is 58.1 Å². The van der Waals surface area contributed by atoms with Gasteiger partial charge < -0.3 is 14.8 Å². The molecule has 0 heterocycles. The number of halogens is 1. The molecule has 23 heavy (non-hydrogen) atoms. The highest BCUT2D eigenvalue weighted by Gasteiger charge is 2.11. The van der Waals surface area contributed by atoms with Crippen LogP contribution in [0.4, 0.5) is 5.69 Å². The number of aryl methyl sites for hydroxylation is 1. The van der Waals surface area contributed by atoms with Gasteiger partial charge in [0, 0.05) is 4.47 Å². The van der Waals surface area contributed by atoms with Gasteiger partial charge in [0.05, 0.1) is 18.4 Å². The summed E-state index contributed by atoms with van der Waals surface area (Å²) >= 11 is 3.37. The summed E-state index contributed by atoms with van der Waals surface area (Å²) in [5, 5.41) is 2.68. The van der Waals surface area contributed by atoms with Crippen LogP contribution in [0.2, 0.25) is 0 Å². The van der Waals surface area contributed by atoms with E-state index >= 15 is 0 Å². The summed E-state index contributed by atoms with van der Waals surface area (Å²) in [4.78, 5) is 23.7. The zero-order valence-electron chi connectivity index (χ0n) is 12.8. The van der Waals surface area contributed by atoms with E-state index in [2.05, 4.69) is 21.2 Å². The summed E-state index contributed by atoms with van der Waals surface area (Å²) in [5.74, 6) is -0.328. The van der Waals surface area contributed by atoms with E-state index in [-0.39, 0.29) is 6.61 Å². The molecule has 1 N–H and O–H groups in total. The Kier molecular flexibility index (Phi) is 5.76. The average Bonchev–Trinajstić information content (AvgIpc) is 2.55. The minimum Gasteiger partial charge on any atom is -0.497 e. The lowest BCUT2D eigenvalue weighted by molar-refractivity contribution is -0.119. The molecule has 0 unspecified atom stereocenters. The molecule has 2 aromatic rings. The Hall–Kier alpha value is -2.34. The van der Waals surface area contributed by atoms with E-state index in [0.29, 0.717) is 17.0 Å². The molecule has 0 atom stereocenters. The van der Waals surface area contributed by atoms with Gasteiger partial charge in [-0.3, -0.25) is 4.79 Å². The van der Waals surface area contributed by atoms with Gasteiger partial charge in [-0.1, -0.05) is 6.07 Å². The molecule has 0 aliphatic rings. The van der Waals surface area contributed by atoms with Crippen molar-refractivity contribution in [2.75, 3.05) is 19.0 Å². The molecule has 0 saturated heterocycles. The van der Waals surface area contributed by atoms with Gasteiger partial charge >= 0.3 is 5.97 Å². The van der Waals surface area contributed by atoms with Crippen molar-refractivity contribution in [1.82, 2.24) is 0 Å². The monoisotopic (exact) mass is 377 g/mol. The summed E-state index contributed by atoms with van der Waals surface area (Å²) in [6, 6.07) is 12.0. The number of benzene rings is 2. The molecule has 0 spiro atoms. The van der Waals surface area contributed by atoms with Crippen LogP contribution in [0, 0.1) is 6.92 Å². The molecule has 1 amide bonds. The number of rotatable bonds is 5. The molecule has 0 bridgehead atoms. The van der Waals surface area contributed by atoms with E-state index in [0.717, 1.165) is 10.0 Å². The quantitative estimate of drug-likeness (QED) is 0.809. The summed E-state index contributed by atoms with van der Waals surface area (Å²) in [6.07, 6.45) is 0. The number of carbonyl (C=O) groups is 2. The summed E-state index contributed by atoms with van der Waals surface area (Å²) in [5.41, 5.74) is 2.05. The second-order valence-corrected chi connectivity index (χ2v) is 5.69. The van der Waals surface area contributed by atoms with Gasteiger partial charge in [-0.15, -0.1) is 0 Å². The molecule has 0 aliphatic carbocycles. The maximum atomic E-state index is 11.9. The average molecular weight is 378 g/mol. The Labute approximate surface area is 142 Å². The highest BCUT2D eigenvalue weighted by Crippen LogP contribution is 2.23. The second kappa shape index (κ2) is 7.78. The largest absolute Gasteiger partial charge is 0.497 e. The Balaban J connectivity index is 1.89. The zero-order valence-corrected chi connectivity index (χ0v) is 14.3. The van der Waals surface area contributed by atoms with Crippen LogP contribution in [0.5, 0.6) is 5.75 Å². The van der Waals surface area contributed by atoms with Crippen LogP contribution in [0.3, 0.4) is 0 Å². The number of methoxy groups -OCH3 is 1. The molecule has 120 valence electrons. The maximum absolute atomic E-state index is 11.9. The third-order valence-electron chi connectivity index (χ3n) is 3.06. The molecular weight excluding hydrogens is 362 g/mol. The van der Waals surface area contributed by atoms with Crippen LogP contribution in [0.15, 0.2) is 46.9 Å². The van der Waals surface area contributed by atoms with Gasteiger partial charge in [0.2, 0.25) is 0 Å². The number of anilines is 1. The van der Waals surface area contributed by atoms with Gasteiger partial charge in [-0.2, -0.15) is 0 Å². The minimum absolute atomic E-state index is 0.356. The molecule has 2 rings (SSSR count). The smallest absolute Gasteiger partial charge is 0.338 e. The normalized spacial score (nSPS) is 10.0. The van der Waals surface area contributed by atoms with Crippen molar-refractivity contribution in [2.45, 2.75) is 6.92 Å². The van der Waals surface area contributed by atoms with Crippen molar-refractivity contribution in [2.24, 2.45) is 0 Å². The van der Waals surface area contributed by atoms with Crippen molar-refractivity contribution < 1.29 is 19.1 Å². The van der Waals surface area contributed by atoms with Crippen molar-refractivity contribution in [3.8, 4) is 5.75 Å². The molecule has 2 aromatic carbocycles. The minimum atomic E-state index is -0.564. The fourth-order valence-corrected chi connectivity index (χ4v) is 2.44. The van der Waals surface area contributed by atoms with Crippen LogP contribution < -0.4 is 10.1 Å². The lowest BCUT2D eigenvalue weighted by atomic mass is 10.2. The molecule has 0 fully saturated rings. The van der Waals surface area contributed by atoms with Crippen LogP contribution in [-0.2, 0) is 9.53 Å². The number of ether oxygens (including phenoxy) is 2. The van der Waals surface area contributed by atoms with E-state index in [1.807, 2.05) is 19.1 Å². The third kappa shape index (κ3) is 4.82. The van der Waals surface area contributed by atoms with Gasteiger partial charge in [-0.25, -0.2) is 4.79 Å². The number of nitrogens with one attached hydrogen (secondary N) is 1. The molecule has 0 radical (unpaired) electrons. The van der Waals surface area contributed by atoms with Crippen molar-refractivity contribution >= 4 is 33.5 Å². The number of hydrogen-bond donors (Lipinski definition) is 1. The number of esters is 1. The van der Waals surface area contributed by atoms with E-state index < -0.39 is 11.9 Å². The Morgan fingerprint density at radius 3 is 2.43 bits per heavy atom. The molecule has 0 aliphatic heterocycles. The van der Waals surface area contributed by atoms with E-state index in [1.165, 1.54) is 0 Å². The van der Waals surface area contributed by atoms with E-state index in [4.69, 9.17) is 9.47 Å². The summed E-state index contributed by atoms with van der Waals surface area (Å²) < 4.78 is 10.8. The lowest BCUT2D eigenvalue weighted by Crippen LogP contribution is -2.21. The fourth-order valence-electron chi connectivity index (χ4n) is 1.85. The van der Waals surface area contributed by atoms with Crippen LogP contribution in [0.1, 0.15) is 15.9 Å². The lowest BCUT2D eigenvalue weighted by Gasteiger charge is -2.09. The highest BCUT2D eigenvalue weighted by molar-refractivity contribution is 9.10. The number of amides is 1. The molecular formula is C17H16BrNO4. The first-order chi connectivity index (χ1) is 11.0. The molecule has 0 saturated carbocycles. The van der Waals surface area contributed by atoms with Crippen molar-refractivity contribution in [3.63, 3.8) is 0 Å². The van der Waals surface area contributed by atoms with Crippen LogP contribution >= 0.6 is 15.9 Å². The first kappa shape index (κ1) is 17.0. The van der Waals surface area contributed by atoms with Crippen LogP contribution in [-0.4, -0.2) is 25.6 Å². The zero-order chi connectivity index (χ0) is 16.8.